The topological polar surface area (TPSA) is 105 Å². The molecule has 9 nitrogen and oxygen atoms in total. The molecule has 222 valence electrons. The Balaban J connectivity index is 1.29. The molecule has 0 aromatic heterocycles. The van der Waals surface area contributed by atoms with Gasteiger partial charge in [0, 0.05) is 19.1 Å². The van der Waals surface area contributed by atoms with Gasteiger partial charge < -0.3 is 19.7 Å². The molecule has 1 amide bonds. The van der Waals surface area contributed by atoms with Crippen LogP contribution < -0.4 is 14.5 Å². The summed E-state index contributed by atoms with van der Waals surface area (Å²) in [6.45, 7) is 2.59. The molecule has 2 heterocycles. The highest BCUT2D eigenvalue weighted by atomic mass is 32.2. The Hall–Kier alpha value is -4.10. The Morgan fingerprint density at radius 1 is 1.00 bits per heavy atom. The van der Waals surface area contributed by atoms with Gasteiger partial charge in [-0.3, -0.25) is 9.10 Å². The molecule has 0 radical (unpaired) electrons. The molecule has 13 heteroatoms. The Morgan fingerprint density at radius 3 is 2.48 bits per heavy atom. The molecule has 1 unspecified atom stereocenters. The number of nitrogens with zero attached hydrogens (tertiary/aromatic N) is 2. The largest absolute Gasteiger partial charge is 0.452 e. The first-order valence-corrected chi connectivity index (χ1v) is 14.6. The number of nitrogens with one attached hydrogen (secondary N) is 1. The monoisotopic (exact) mass is 603 g/mol. The number of para-hydroxylation sites is 1. The van der Waals surface area contributed by atoms with E-state index in [0.29, 0.717) is 44.1 Å². The SMILES string of the molecule is CC1Cc2ccccc2N1S(=O)(=O)c1cccc(C(=O)OCC(=O)Nc2cc(C(F)(F)F)ccc2N2CCOCC2)c1. The number of amides is 1. The summed E-state index contributed by atoms with van der Waals surface area (Å²) in [5.74, 6) is -1.82. The molecule has 1 fully saturated rings. The van der Waals surface area contributed by atoms with Gasteiger partial charge >= 0.3 is 12.1 Å². The van der Waals surface area contributed by atoms with Gasteiger partial charge in [-0.15, -0.1) is 0 Å². The van der Waals surface area contributed by atoms with Gasteiger partial charge in [0.15, 0.2) is 6.61 Å². The van der Waals surface area contributed by atoms with Gasteiger partial charge in [0.05, 0.1) is 46.3 Å². The van der Waals surface area contributed by atoms with E-state index in [9.17, 15) is 31.2 Å². The van der Waals surface area contributed by atoms with E-state index >= 15 is 0 Å². The fourth-order valence-electron chi connectivity index (χ4n) is 5.09. The summed E-state index contributed by atoms with van der Waals surface area (Å²) in [4.78, 5) is 27.1. The molecule has 1 saturated heterocycles. The molecule has 1 N–H and O–H groups in total. The average molecular weight is 604 g/mol. The fraction of sp³-hybridized carbons (Fsp3) is 0.310. The number of carbonyl (C=O) groups is 2. The quantitative estimate of drug-likeness (QED) is 0.397. The number of carbonyl (C=O) groups excluding carboxylic acids is 2. The number of ether oxygens (including phenoxy) is 2. The lowest BCUT2D eigenvalue weighted by molar-refractivity contribution is -0.137. The summed E-state index contributed by atoms with van der Waals surface area (Å²) in [7, 11) is -4.02. The number of hydrogen-bond donors (Lipinski definition) is 1. The third-order valence-electron chi connectivity index (χ3n) is 7.06. The van der Waals surface area contributed by atoms with Crippen molar-refractivity contribution in [2.45, 2.75) is 30.5 Å². The molecule has 3 aromatic rings. The first-order valence-electron chi connectivity index (χ1n) is 13.2. The summed E-state index contributed by atoms with van der Waals surface area (Å²) in [6, 6.07) is 15.2. The maximum absolute atomic E-state index is 13.5. The maximum Gasteiger partial charge on any atom is 0.416 e. The fourth-order valence-corrected chi connectivity index (χ4v) is 6.83. The number of benzene rings is 3. The molecule has 0 saturated carbocycles. The van der Waals surface area contributed by atoms with E-state index in [0.717, 1.165) is 17.7 Å². The van der Waals surface area contributed by atoms with Crippen LogP contribution in [-0.2, 0) is 36.9 Å². The van der Waals surface area contributed by atoms with Crippen LogP contribution in [0.1, 0.15) is 28.4 Å². The molecule has 42 heavy (non-hydrogen) atoms. The van der Waals surface area contributed by atoms with E-state index in [4.69, 9.17) is 9.47 Å². The van der Waals surface area contributed by atoms with E-state index in [1.165, 1.54) is 34.6 Å². The van der Waals surface area contributed by atoms with Crippen LogP contribution in [0.25, 0.3) is 0 Å². The van der Waals surface area contributed by atoms with Gasteiger partial charge in [0.1, 0.15) is 0 Å². The van der Waals surface area contributed by atoms with Crippen LogP contribution in [0.15, 0.2) is 71.6 Å². The number of esters is 1. The normalized spacial score (nSPS) is 17.1. The molecule has 3 aromatic carbocycles. The van der Waals surface area contributed by atoms with Gasteiger partial charge in [-0.25, -0.2) is 13.2 Å². The van der Waals surface area contributed by atoms with Crippen molar-refractivity contribution in [2.24, 2.45) is 0 Å². The highest BCUT2D eigenvalue weighted by Gasteiger charge is 2.36. The molecule has 0 bridgehead atoms. The Morgan fingerprint density at radius 2 is 1.74 bits per heavy atom. The molecule has 0 aliphatic carbocycles. The van der Waals surface area contributed by atoms with Gasteiger partial charge in [0.2, 0.25) is 0 Å². The van der Waals surface area contributed by atoms with E-state index in [2.05, 4.69) is 5.32 Å². The minimum absolute atomic E-state index is 0.0825. The van der Waals surface area contributed by atoms with Crippen molar-refractivity contribution in [1.82, 2.24) is 0 Å². The first kappa shape index (κ1) is 29.4. The van der Waals surface area contributed by atoms with Crippen molar-refractivity contribution in [3.05, 3.63) is 83.4 Å². The van der Waals surface area contributed by atoms with Crippen molar-refractivity contribution in [2.75, 3.05) is 47.4 Å². The minimum atomic E-state index is -4.63. The number of anilines is 3. The lowest BCUT2D eigenvalue weighted by atomic mass is 10.1. The summed E-state index contributed by atoms with van der Waals surface area (Å²) < 4.78 is 78.9. The van der Waals surface area contributed by atoms with Crippen molar-refractivity contribution in [3.8, 4) is 0 Å². The molecular formula is C29H28F3N3O6S. The van der Waals surface area contributed by atoms with Crippen molar-refractivity contribution >= 4 is 39.0 Å². The zero-order valence-corrected chi connectivity index (χ0v) is 23.4. The zero-order chi connectivity index (χ0) is 30.1. The van der Waals surface area contributed by atoms with Crippen LogP contribution in [0.2, 0.25) is 0 Å². The van der Waals surface area contributed by atoms with Crippen LogP contribution in [0, 0.1) is 0 Å². The smallest absolute Gasteiger partial charge is 0.416 e. The Bertz CT molecular complexity index is 1610. The van der Waals surface area contributed by atoms with Crippen LogP contribution >= 0.6 is 0 Å². The second kappa shape index (κ2) is 11.6. The van der Waals surface area contributed by atoms with Crippen LogP contribution in [0.4, 0.5) is 30.2 Å². The highest BCUT2D eigenvalue weighted by Crippen LogP contribution is 2.37. The maximum atomic E-state index is 13.5. The number of hydrogen-bond acceptors (Lipinski definition) is 7. The number of fused-ring (bicyclic) bond motifs is 1. The minimum Gasteiger partial charge on any atom is -0.452 e. The lowest BCUT2D eigenvalue weighted by Crippen LogP contribution is -2.37. The van der Waals surface area contributed by atoms with Crippen molar-refractivity contribution < 1.29 is 40.7 Å². The molecule has 5 rings (SSSR count). The summed E-state index contributed by atoms with van der Waals surface area (Å²) in [6.07, 6.45) is -4.08. The summed E-state index contributed by atoms with van der Waals surface area (Å²) in [5, 5.41) is 2.41. The van der Waals surface area contributed by atoms with Crippen molar-refractivity contribution in [3.63, 3.8) is 0 Å². The van der Waals surface area contributed by atoms with Gasteiger partial charge in [0.25, 0.3) is 15.9 Å². The van der Waals surface area contributed by atoms with Gasteiger partial charge in [-0.05, 0) is 61.4 Å². The van der Waals surface area contributed by atoms with Crippen molar-refractivity contribution in [1.29, 1.82) is 0 Å². The van der Waals surface area contributed by atoms with Gasteiger partial charge in [-0.2, -0.15) is 13.2 Å². The predicted molar refractivity (Wildman–Crippen MR) is 149 cm³/mol. The molecule has 1 atom stereocenters. The lowest BCUT2D eigenvalue weighted by Gasteiger charge is -2.31. The highest BCUT2D eigenvalue weighted by molar-refractivity contribution is 7.92. The van der Waals surface area contributed by atoms with E-state index in [1.54, 1.807) is 24.0 Å². The summed E-state index contributed by atoms with van der Waals surface area (Å²) in [5.41, 5.74) is 0.715. The third kappa shape index (κ3) is 6.07. The Kier molecular flexibility index (Phi) is 8.15. The molecule has 2 aliphatic heterocycles. The van der Waals surface area contributed by atoms with E-state index in [1.807, 2.05) is 12.1 Å². The first-order chi connectivity index (χ1) is 19.9. The summed E-state index contributed by atoms with van der Waals surface area (Å²) >= 11 is 0. The second-order valence-corrected chi connectivity index (χ2v) is 11.8. The van der Waals surface area contributed by atoms with Crippen LogP contribution in [0.5, 0.6) is 0 Å². The van der Waals surface area contributed by atoms with E-state index < -0.39 is 40.2 Å². The third-order valence-corrected chi connectivity index (χ3v) is 8.98. The second-order valence-electron chi connectivity index (χ2n) is 9.96. The van der Waals surface area contributed by atoms with Crippen LogP contribution in [-0.4, -0.2) is 59.2 Å². The molecule has 2 aliphatic rings. The molecular weight excluding hydrogens is 575 g/mol. The standard InChI is InChI=1S/C29H28F3N3O6S/c1-19-15-20-5-2-3-8-25(20)35(19)42(38,39)23-7-4-6-21(16-23)28(37)41-18-27(36)33-24-17-22(29(30,31)32)9-10-26(24)34-11-13-40-14-12-34/h2-10,16-17,19H,11-15,18H2,1H3,(H,33,36). The predicted octanol–water partition coefficient (Wildman–Crippen LogP) is 4.48. The number of morpholine rings is 1. The number of sulfonamides is 1. The van der Waals surface area contributed by atoms with Gasteiger partial charge in [-0.1, -0.05) is 24.3 Å². The average Bonchev–Trinajstić information content (AvgIpc) is 3.32. The number of rotatable bonds is 7. The number of halogens is 3. The molecule has 0 spiro atoms. The number of alkyl halides is 3. The van der Waals surface area contributed by atoms with E-state index in [-0.39, 0.29) is 22.2 Å². The zero-order valence-electron chi connectivity index (χ0n) is 22.6. The van der Waals surface area contributed by atoms with Crippen LogP contribution in [0.3, 0.4) is 0 Å². The Labute approximate surface area is 240 Å².